The second-order valence-electron chi connectivity index (χ2n) is 7.28. The van der Waals surface area contributed by atoms with Crippen LogP contribution in [0.5, 0.6) is 0 Å². The third kappa shape index (κ3) is 6.30. The van der Waals surface area contributed by atoms with Gasteiger partial charge in [0.1, 0.15) is 5.76 Å². The summed E-state index contributed by atoms with van der Waals surface area (Å²) in [6.45, 7) is 9.49. The quantitative estimate of drug-likeness (QED) is 0.417. The first-order valence-corrected chi connectivity index (χ1v) is 10.3. The molecule has 0 aliphatic carbocycles. The van der Waals surface area contributed by atoms with Gasteiger partial charge in [0.15, 0.2) is 5.96 Å². The molecule has 0 saturated carbocycles. The fraction of sp³-hybridized carbons (Fsp3) is 0.500. The number of benzene rings is 1. The van der Waals surface area contributed by atoms with E-state index in [9.17, 15) is 0 Å². The van der Waals surface area contributed by atoms with E-state index in [1.54, 1.807) is 6.26 Å². The first kappa shape index (κ1) is 20.3. The largest absolute Gasteiger partial charge is 0.469 e. The number of piperazine rings is 1. The Labute approximate surface area is 168 Å². The van der Waals surface area contributed by atoms with E-state index in [1.807, 2.05) is 19.2 Å². The molecule has 6 heteroatoms. The predicted octanol–water partition coefficient (Wildman–Crippen LogP) is 2.51. The summed E-state index contributed by atoms with van der Waals surface area (Å²) in [5.74, 6) is 1.85. The van der Waals surface area contributed by atoms with Gasteiger partial charge in [-0.25, -0.2) is 0 Å². The van der Waals surface area contributed by atoms with E-state index in [4.69, 9.17) is 4.42 Å². The van der Waals surface area contributed by atoms with Gasteiger partial charge in [-0.1, -0.05) is 12.1 Å². The topological polar surface area (TPSA) is 56.0 Å². The van der Waals surface area contributed by atoms with E-state index in [1.165, 1.54) is 11.3 Å². The second kappa shape index (κ2) is 10.8. The monoisotopic (exact) mass is 383 g/mol. The van der Waals surface area contributed by atoms with Crippen LogP contribution in [0.2, 0.25) is 0 Å². The first-order valence-electron chi connectivity index (χ1n) is 10.3. The molecule has 1 aliphatic heterocycles. The highest BCUT2D eigenvalue weighted by atomic mass is 16.3. The molecule has 1 aromatic carbocycles. The lowest BCUT2D eigenvalue weighted by molar-refractivity contribution is 0.255. The van der Waals surface area contributed by atoms with Crippen molar-refractivity contribution in [3.8, 4) is 0 Å². The van der Waals surface area contributed by atoms with E-state index in [2.05, 4.69) is 56.6 Å². The number of nitrogens with zero attached hydrogens (tertiary/aromatic N) is 3. The van der Waals surface area contributed by atoms with Crippen molar-refractivity contribution in [3.05, 3.63) is 54.0 Å². The number of furan rings is 1. The van der Waals surface area contributed by atoms with Gasteiger partial charge in [0.2, 0.25) is 0 Å². The zero-order valence-corrected chi connectivity index (χ0v) is 17.2. The normalized spacial score (nSPS) is 15.6. The van der Waals surface area contributed by atoms with Crippen LogP contribution < -0.4 is 15.5 Å². The van der Waals surface area contributed by atoms with Gasteiger partial charge >= 0.3 is 0 Å². The van der Waals surface area contributed by atoms with Crippen molar-refractivity contribution in [2.75, 3.05) is 57.8 Å². The van der Waals surface area contributed by atoms with Crippen LogP contribution in [-0.2, 0) is 6.42 Å². The van der Waals surface area contributed by atoms with Crippen LogP contribution in [0.3, 0.4) is 0 Å². The molecule has 0 spiro atoms. The number of anilines is 1. The maximum absolute atomic E-state index is 5.35. The molecule has 3 rings (SSSR count). The van der Waals surface area contributed by atoms with Crippen molar-refractivity contribution in [1.29, 1.82) is 0 Å². The smallest absolute Gasteiger partial charge is 0.190 e. The molecule has 152 valence electrons. The fourth-order valence-electron chi connectivity index (χ4n) is 3.54. The summed E-state index contributed by atoms with van der Waals surface area (Å²) in [7, 11) is 1.81. The van der Waals surface area contributed by atoms with Crippen molar-refractivity contribution < 1.29 is 4.42 Å². The minimum Gasteiger partial charge on any atom is -0.469 e. The Kier molecular flexibility index (Phi) is 7.79. The summed E-state index contributed by atoms with van der Waals surface area (Å²) in [6, 6.07) is 12.7. The summed E-state index contributed by atoms with van der Waals surface area (Å²) in [5, 5.41) is 6.73. The highest BCUT2D eigenvalue weighted by Crippen LogP contribution is 2.17. The lowest BCUT2D eigenvalue weighted by atomic mass is 10.2. The van der Waals surface area contributed by atoms with Gasteiger partial charge < -0.3 is 20.0 Å². The number of hydrogen-bond acceptors (Lipinski definition) is 4. The Morgan fingerprint density at radius 2 is 1.89 bits per heavy atom. The highest BCUT2D eigenvalue weighted by Gasteiger charge is 2.16. The first-order chi connectivity index (χ1) is 13.7. The Morgan fingerprint density at radius 3 is 2.61 bits per heavy atom. The minimum absolute atomic E-state index is 0.814. The van der Waals surface area contributed by atoms with E-state index < -0.39 is 0 Å². The Bertz CT molecular complexity index is 720. The van der Waals surface area contributed by atoms with Crippen LogP contribution in [0, 0.1) is 6.92 Å². The maximum Gasteiger partial charge on any atom is 0.190 e. The summed E-state index contributed by atoms with van der Waals surface area (Å²) in [5.41, 5.74) is 2.68. The highest BCUT2D eigenvalue weighted by molar-refractivity contribution is 5.79. The third-order valence-electron chi connectivity index (χ3n) is 5.15. The van der Waals surface area contributed by atoms with Crippen molar-refractivity contribution in [2.45, 2.75) is 19.8 Å². The molecule has 1 fully saturated rings. The van der Waals surface area contributed by atoms with Crippen LogP contribution in [0.4, 0.5) is 5.69 Å². The molecule has 0 radical (unpaired) electrons. The zero-order valence-electron chi connectivity index (χ0n) is 17.2. The molecule has 1 saturated heterocycles. The van der Waals surface area contributed by atoms with Gasteiger partial charge in [-0.05, 0) is 49.7 Å². The number of nitrogens with one attached hydrogen (secondary N) is 2. The zero-order chi connectivity index (χ0) is 19.6. The standard InChI is InChI=1S/C22H33N5O/c1-19-6-3-7-20(18-19)27-15-13-26(14-16-27)12-5-10-24-22(23-2)25-11-9-21-8-4-17-28-21/h3-4,6-8,17-18H,5,9-16H2,1-2H3,(H2,23,24,25). The molecule has 2 heterocycles. The van der Waals surface area contributed by atoms with Crippen molar-refractivity contribution in [2.24, 2.45) is 4.99 Å². The van der Waals surface area contributed by atoms with Crippen molar-refractivity contribution >= 4 is 11.6 Å². The van der Waals surface area contributed by atoms with Crippen molar-refractivity contribution in [1.82, 2.24) is 15.5 Å². The lowest BCUT2D eigenvalue weighted by Gasteiger charge is -2.36. The predicted molar refractivity (Wildman–Crippen MR) is 116 cm³/mol. The van der Waals surface area contributed by atoms with E-state index in [-0.39, 0.29) is 0 Å². The number of hydrogen-bond donors (Lipinski definition) is 2. The number of guanidine groups is 1. The molecule has 2 aromatic rings. The average Bonchev–Trinajstić information content (AvgIpc) is 3.24. The SMILES string of the molecule is CN=C(NCCCN1CCN(c2cccc(C)c2)CC1)NCCc1ccco1. The van der Waals surface area contributed by atoms with Gasteiger partial charge in [-0.2, -0.15) is 0 Å². The molecule has 6 nitrogen and oxygen atoms in total. The second-order valence-corrected chi connectivity index (χ2v) is 7.28. The lowest BCUT2D eigenvalue weighted by Crippen LogP contribution is -2.47. The van der Waals surface area contributed by atoms with Gasteiger partial charge in [0, 0.05) is 58.4 Å². The molecular weight excluding hydrogens is 350 g/mol. The van der Waals surface area contributed by atoms with Gasteiger partial charge in [0.25, 0.3) is 0 Å². The molecule has 1 aliphatic rings. The molecular formula is C22H33N5O. The molecule has 0 atom stereocenters. The number of rotatable bonds is 8. The summed E-state index contributed by atoms with van der Waals surface area (Å²) in [4.78, 5) is 9.33. The fourth-order valence-corrected chi connectivity index (χ4v) is 3.54. The van der Waals surface area contributed by atoms with Gasteiger partial charge in [-0.15, -0.1) is 0 Å². The molecule has 0 unspecified atom stereocenters. The van der Waals surface area contributed by atoms with Gasteiger partial charge in [0.05, 0.1) is 6.26 Å². The Balaban J connectivity index is 1.28. The summed E-state index contributed by atoms with van der Waals surface area (Å²) >= 11 is 0. The number of aliphatic imine (C=N–C) groups is 1. The van der Waals surface area contributed by atoms with Crippen LogP contribution in [0.15, 0.2) is 52.1 Å². The van der Waals surface area contributed by atoms with Crippen LogP contribution in [-0.4, -0.2) is 63.7 Å². The van der Waals surface area contributed by atoms with Crippen LogP contribution >= 0.6 is 0 Å². The molecule has 0 amide bonds. The molecule has 28 heavy (non-hydrogen) atoms. The van der Waals surface area contributed by atoms with E-state index in [0.717, 1.165) is 70.4 Å². The van der Waals surface area contributed by atoms with Crippen molar-refractivity contribution in [3.63, 3.8) is 0 Å². The Morgan fingerprint density at radius 1 is 1.07 bits per heavy atom. The molecule has 0 bridgehead atoms. The summed E-state index contributed by atoms with van der Waals surface area (Å²) < 4.78 is 5.35. The Hall–Kier alpha value is -2.47. The molecule has 1 aromatic heterocycles. The third-order valence-corrected chi connectivity index (χ3v) is 5.15. The average molecular weight is 384 g/mol. The van der Waals surface area contributed by atoms with E-state index in [0.29, 0.717) is 0 Å². The summed E-state index contributed by atoms with van der Waals surface area (Å²) in [6.07, 6.45) is 3.69. The molecule has 2 N–H and O–H groups in total. The van der Waals surface area contributed by atoms with Crippen LogP contribution in [0.25, 0.3) is 0 Å². The van der Waals surface area contributed by atoms with E-state index >= 15 is 0 Å². The van der Waals surface area contributed by atoms with Crippen LogP contribution in [0.1, 0.15) is 17.7 Å². The van der Waals surface area contributed by atoms with Gasteiger partial charge in [-0.3, -0.25) is 9.89 Å². The number of aryl methyl sites for hydroxylation is 1. The minimum atomic E-state index is 0.814. The maximum atomic E-state index is 5.35.